The first-order valence-corrected chi connectivity index (χ1v) is 8.64. The van der Waals surface area contributed by atoms with Gasteiger partial charge in [-0.2, -0.15) is 0 Å². The standard InChI is InChI=1S/C19H21NO7/c1-24-19(23)11-2-4-12(5-3-11)27-16-9-26-15-8-13(25-10-17(20)21)6-7-14(15)18(16)22/h2-5,9,13-15H,6-8,10H2,1H3,(H2,20,21). The van der Waals surface area contributed by atoms with Gasteiger partial charge in [0.25, 0.3) is 0 Å². The Morgan fingerprint density at radius 3 is 2.63 bits per heavy atom. The number of allylic oxidation sites excluding steroid dienone is 1. The van der Waals surface area contributed by atoms with Crippen LogP contribution in [-0.2, 0) is 23.8 Å². The van der Waals surface area contributed by atoms with E-state index in [0.29, 0.717) is 30.6 Å². The number of rotatable bonds is 6. The van der Waals surface area contributed by atoms with E-state index in [-0.39, 0.29) is 36.3 Å². The summed E-state index contributed by atoms with van der Waals surface area (Å²) in [7, 11) is 1.31. The topological polar surface area (TPSA) is 114 Å². The lowest BCUT2D eigenvalue weighted by molar-refractivity contribution is -0.137. The van der Waals surface area contributed by atoms with Crippen molar-refractivity contribution in [2.45, 2.75) is 31.5 Å². The summed E-state index contributed by atoms with van der Waals surface area (Å²) in [5, 5.41) is 0. The molecular formula is C19H21NO7. The van der Waals surface area contributed by atoms with Crippen molar-refractivity contribution < 1.29 is 33.3 Å². The maximum absolute atomic E-state index is 12.7. The molecule has 1 amide bonds. The second-order valence-corrected chi connectivity index (χ2v) is 6.46. The molecule has 0 saturated heterocycles. The summed E-state index contributed by atoms with van der Waals surface area (Å²) in [5.41, 5.74) is 5.48. The Morgan fingerprint density at radius 2 is 1.96 bits per heavy atom. The SMILES string of the molecule is COC(=O)c1ccc(OC2=COC3CC(OCC(N)=O)CCC3C2=O)cc1. The Balaban J connectivity index is 1.61. The minimum absolute atomic E-state index is 0.124. The fraction of sp³-hybridized carbons (Fsp3) is 0.421. The van der Waals surface area contributed by atoms with Crippen molar-refractivity contribution in [3.63, 3.8) is 0 Å². The van der Waals surface area contributed by atoms with E-state index in [1.165, 1.54) is 13.4 Å². The highest BCUT2D eigenvalue weighted by atomic mass is 16.5. The maximum Gasteiger partial charge on any atom is 0.337 e. The molecule has 1 aliphatic carbocycles. The molecule has 1 aromatic carbocycles. The first-order chi connectivity index (χ1) is 13.0. The quantitative estimate of drug-likeness (QED) is 0.746. The minimum Gasteiger partial charge on any atom is -0.493 e. The van der Waals surface area contributed by atoms with Gasteiger partial charge in [-0.3, -0.25) is 9.59 Å². The van der Waals surface area contributed by atoms with Gasteiger partial charge in [-0.05, 0) is 37.1 Å². The van der Waals surface area contributed by atoms with Crippen molar-refractivity contribution in [2.24, 2.45) is 11.7 Å². The lowest BCUT2D eigenvalue weighted by Gasteiger charge is -2.36. The molecule has 0 radical (unpaired) electrons. The third kappa shape index (κ3) is 4.46. The minimum atomic E-state index is -0.522. The second kappa shape index (κ2) is 8.22. The van der Waals surface area contributed by atoms with Crippen molar-refractivity contribution in [1.82, 2.24) is 0 Å². The number of ketones is 1. The number of ether oxygens (including phenoxy) is 4. The summed E-state index contributed by atoms with van der Waals surface area (Å²) < 4.78 is 21.4. The second-order valence-electron chi connectivity index (χ2n) is 6.46. The van der Waals surface area contributed by atoms with Crippen molar-refractivity contribution in [3.05, 3.63) is 41.9 Å². The van der Waals surface area contributed by atoms with Crippen LogP contribution < -0.4 is 10.5 Å². The van der Waals surface area contributed by atoms with E-state index >= 15 is 0 Å². The molecule has 1 heterocycles. The molecule has 2 N–H and O–H groups in total. The van der Waals surface area contributed by atoms with Crippen LogP contribution in [0.4, 0.5) is 0 Å². The van der Waals surface area contributed by atoms with Crippen LogP contribution in [0.3, 0.4) is 0 Å². The zero-order chi connectivity index (χ0) is 19.4. The molecule has 2 aliphatic rings. The third-order valence-electron chi connectivity index (χ3n) is 4.64. The number of amides is 1. The van der Waals surface area contributed by atoms with Crippen LogP contribution in [0.2, 0.25) is 0 Å². The average Bonchev–Trinajstić information content (AvgIpc) is 2.68. The summed E-state index contributed by atoms with van der Waals surface area (Å²) in [4.78, 5) is 35.0. The largest absolute Gasteiger partial charge is 0.493 e. The predicted octanol–water partition coefficient (Wildman–Crippen LogP) is 1.33. The molecule has 1 saturated carbocycles. The molecule has 8 nitrogen and oxygen atoms in total. The van der Waals surface area contributed by atoms with Crippen molar-refractivity contribution >= 4 is 17.7 Å². The van der Waals surface area contributed by atoms with Gasteiger partial charge in [-0.15, -0.1) is 0 Å². The Bertz CT molecular complexity index is 756. The number of hydrogen-bond donors (Lipinski definition) is 1. The fourth-order valence-electron chi connectivity index (χ4n) is 3.26. The number of benzene rings is 1. The van der Waals surface area contributed by atoms with Crippen LogP contribution in [0, 0.1) is 5.92 Å². The van der Waals surface area contributed by atoms with Gasteiger partial charge in [0.05, 0.1) is 24.7 Å². The Labute approximate surface area is 156 Å². The molecule has 0 aromatic heterocycles. The number of carbonyl (C=O) groups is 3. The molecule has 0 bridgehead atoms. The molecule has 3 unspecified atom stereocenters. The summed E-state index contributed by atoms with van der Waals surface area (Å²) >= 11 is 0. The number of hydrogen-bond acceptors (Lipinski definition) is 7. The lowest BCUT2D eigenvalue weighted by Crippen LogP contribution is -2.43. The number of primary amides is 1. The zero-order valence-electron chi connectivity index (χ0n) is 14.9. The molecular weight excluding hydrogens is 354 g/mol. The third-order valence-corrected chi connectivity index (χ3v) is 4.64. The smallest absolute Gasteiger partial charge is 0.337 e. The number of carbonyl (C=O) groups excluding carboxylic acids is 3. The first-order valence-electron chi connectivity index (χ1n) is 8.64. The highest BCUT2D eigenvalue weighted by molar-refractivity contribution is 5.96. The number of fused-ring (bicyclic) bond motifs is 1. The van der Waals surface area contributed by atoms with E-state index in [9.17, 15) is 14.4 Å². The summed E-state index contributed by atoms with van der Waals surface area (Å²) in [6.07, 6.45) is 2.58. The molecule has 1 fully saturated rings. The monoisotopic (exact) mass is 375 g/mol. The lowest BCUT2D eigenvalue weighted by atomic mass is 9.80. The van der Waals surface area contributed by atoms with Gasteiger partial charge >= 0.3 is 5.97 Å². The van der Waals surface area contributed by atoms with E-state index in [1.54, 1.807) is 24.3 Å². The van der Waals surface area contributed by atoms with Crippen molar-refractivity contribution in [1.29, 1.82) is 0 Å². The average molecular weight is 375 g/mol. The van der Waals surface area contributed by atoms with E-state index < -0.39 is 11.9 Å². The fourth-order valence-corrected chi connectivity index (χ4v) is 3.26. The molecule has 3 atom stereocenters. The van der Waals surface area contributed by atoms with Crippen molar-refractivity contribution in [2.75, 3.05) is 13.7 Å². The highest BCUT2D eigenvalue weighted by Crippen LogP contribution is 2.35. The predicted molar refractivity (Wildman–Crippen MR) is 92.6 cm³/mol. The molecule has 27 heavy (non-hydrogen) atoms. The van der Waals surface area contributed by atoms with Crippen LogP contribution in [0.5, 0.6) is 5.75 Å². The first kappa shape index (κ1) is 18.9. The molecule has 3 rings (SSSR count). The Kier molecular flexibility index (Phi) is 5.75. The number of esters is 1. The van der Waals surface area contributed by atoms with E-state index in [0.717, 1.165) is 0 Å². The van der Waals surface area contributed by atoms with Gasteiger partial charge in [0.15, 0.2) is 0 Å². The number of methoxy groups -OCH3 is 1. The normalized spacial score (nSPS) is 24.3. The van der Waals surface area contributed by atoms with Gasteiger partial charge in [-0.25, -0.2) is 4.79 Å². The molecule has 0 spiro atoms. The van der Waals surface area contributed by atoms with Crippen molar-refractivity contribution in [3.8, 4) is 5.75 Å². The Hall–Kier alpha value is -2.87. The van der Waals surface area contributed by atoms with Crippen LogP contribution in [0.25, 0.3) is 0 Å². The van der Waals surface area contributed by atoms with E-state index in [4.69, 9.17) is 19.9 Å². The summed E-state index contributed by atoms with van der Waals surface area (Å²) in [5.74, 6) is -0.867. The van der Waals surface area contributed by atoms with Crippen LogP contribution in [-0.4, -0.2) is 43.6 Å². The zero-order valence-corrected chi connectivity index (χ0v) is 14.9. The number of nitrogens with two attached hydrogens (primary N) is 1. The molecule has 8 heteroatoms. The van der Waals surface area contributed by atoms with Gasteiger partial charge in [-0.1, -0.05) is 0 Å². The van der Waals surface area contributed by atoms with Crippen LogP contribution in [0.1, 0.15) is 29.6 Å². The number of Topliss-reactive ketones (excluding diaryl/α,β-unsaturated/α-hetero) is 1. The van der Waals surface area contributed by atoms with Gasteiger partial charge in [0.1, 0.15) is 24.7 Å². The van der Waals surface area contributed by atoms with Gasteiger partial charge in [0.2, 0.25) is 17.4 Å². The van der Waals surface area contributed by atoms with Gasteiger partial charge < -0.3 is 24.7 Å². The molecule has 1 aliphatic heterocycles. The molecule has 1 aromatic rings. The summed E-state index contributed by atoms with van der Waals surface area (Å²) in [6.45, 7) is -0.137. The van der Waals surface area contributed by atoms with E-state index in [1.807, 2.05) is 0 Å². The Morgan fingerprint density at radius 1 is 1.22 bits per heavy atom. The molecule has 144 valence electrons. The highest BCUT2D eigenvalue weighted by Gasteiger charge is 2.41. The summed E-state index contributed by atoms with van der Waals surface area (Å²) in [6, 6.07) is 6.28. The van der Waals surface area contributed by atoms with E-state index in [2.05, 4.69) is 4.74 Å². The van der Waals surface area contributed by atoms with Crippen LogP contribution in [0.15, 0.2) is 36.3 Å². The van der Waals surface area contributed by atoms with Gasteiger partial charge in [0, 0.05) is 6.42 Å². The van der Waals surface area contributed by atoms with Crippen LogP contribution >= 0.6 is 0 Å². The maximum atomic E-state index is 12.7.